The van der Waals surface area contributed by atoms with Gasteiger partial charge in [-0.3, -0.25) is 0 Å². The molecule has 0 unspecified atom stereocenters. The van der Waals surface area contributed by atoms with Crippen LogP contribution in [-0.2, 0) is 9.53 Å². The topological polar surface area (TPSA) is 78.5 Å². The van der Waals surface area contributed by atoms with E-state index in [4.69, 9.17) is 4.74 Å². The van der Waals surface area contributed by atoms with Crippen molar-refractivity contribution in [2.45, 2.75) is 38.6 Å². The Hall–Kier alpha value is -2.82. The average molecular weight is 366 g/mol. The number of carbonyl (C=O) groups is 2. The maximum atomic E-state index is 12.3. The van der Waals surface area contributed by atoms with Crippen LogP contribution in [0.1, 0.15) is 43.7 Å². The zero-order chi connectivity index (χ0) is 19.4. The van der Waals surface area contributed by atoms with Crippen LogP contribution in [0.3, 0.4) is 0 Å². The van der Waals surface area contributed by atoms with Crippen LogP contribution in [0.4, 0.5) is 4.79 Å². The quantitative estimate of drug-likeness (QED) is 0.817. The van der Waals surface area contributed by atoms with Crippen LogP contribution >= 0.6 is 0 Å². The van der Waals surface area contributed by atoms with Crippen molar-refractivity contribution in [2.24, 2.45) is 5.92 Å². The third-order valence-corrected chi connectivity index (χ3v) is 4.83. The number of rotatable bonds is 7. The molecule has 3 rings (SSSR count). The van der Waals surface area contributed by atoms with E-state index in [1.54, 1.807) is 0 Å². The van der Waals surface area contributed by atoms with Gasteiger partial charge in [0, 0.05) is 24.3 Å². The molecule has 0 saturated carbocycles. The van der Waals surface area contributed by atoms with Crippen LogP contribution in [0.5, 0.6) is 0 Å². The summed E-state index contributed by atoms with van der Waals surface area (Å²) in [6, 6.07) is 15.7. The summed E-state index contributed by atoms with van der Waals surface area (Å²) in [4.78, 5) is 23.2. The maximum absolute atomic E-state index is 12.3. The van der Waals surface area contributed by atoms with Crippen molar-refractivity contribution in [3.05, 3.63) is 59.7 Å². The molecule has 1 atom stereocenters. The van der Waals surface area contributed by atoms with Gasteiger partial charge >= 0.3 is 6.09 Å². The number of ether oxygens (including phenoxy) is 1. The van der Waals surface area contributed by atoms with Gasteiger partial charge in [0.25, 0.3) is 0 Å². The molecular formula is C22H24NO4-. The van der Waals surface area contributed by atoms with E-state index in [2.05, 4.69) is 29.6 Å². The summed E-state index contributed by atoms with van der Waals surface area (Å²) < 4.78 is 5.47. The predicted octanol–water partition coefficient (Wildman–Crippen LogP) is 3.08. The molecule has 1 aliphatic rings. The molecule has 1 N–H and O–H groups in total. The Balaban J connectivity index is 1.67. The zero-order valence-corrected chi connectivity index (χ0v) is 15.6. The Kier molecular flexibility index (Phi) is 5.79. The lowest BCUT2D eigenvalue weighted by Gasteiger charge is -2.21. The number of carbonyl (C=O) groups excluding carboxylic acids is 2. The minimum Gasteiger partial charge on any atom is -0.550 e. The lowest BCUT2D eigenvalue weighted by Crippen LogP contribution is -2.41. The second-order valence-corrected chi connectivity index (χ2v) is 7.37. The fourth-order valence-corrected chi connectivity index (χ4v) is 3.77. The van der Waals surface area contributed by atoms with Crippen molar-refractivity contribution in [2.75, 3.05) is 6.61 Å². The molecule has 0 radical (unpaired) electrons. The molecule has 27 heavy (non-hydrogen) atoms. The summed E-state index contributed by atoms with van der Waals surface area (Å²) in [6.45, 7) is 4.16. The molecule has 5 heteroatoms. The first kappa shape index (κ1) is 19.0. The average Bonchev–Trinajstić information content (AvgIpc) is 2.93. The molecule has 0 saturated heterocycles. The Morgan fingerprint density at radius 3 is 2.11 bits per heavy atom. The van der Waals surface area contributed by atoms with E-state index in [9.17, 15) is 14.7 Å². The van der Waals surface area contributed by atoms with E-state index in [0.717, 1.165) is 22.3 Å². The third-order valence-electron chi connectivity index (χ3n) is 4.83. The van der Waals surface area contributed by atoms with Gasteiger partial charge in [0.1, 0.15) is 6.61 Å². The largest absolute Gasteiger partial charge is 0.550 e. The molecule has 0 aliphatic heterocycles. The lowest BCUT2D eigenvalue weighted by molar-refractivity contribution is -0.306. The highest BCUT2D eigenvalue weighted by Crippen LogP contribution is 2.44. The lowest BCUT2D eigenvalue weighted by atomic mass is 9.98. The second-order valence-electron chi connectivity index (χ2n) is 7.37. The Morgan fingerprint density at radius 1 is 1.04 bits per heavy atom. The van der Waals surface area contributed by atoms with Crippen molar-refractivity contribution in [1.29, 1.82) is 0 Å². The Labute approximate surface area is 159 Å². The van der Waals surface area contributed by atoms with E-state index in [-0.39, 0.29) is 24.9 Å². The molecule has 1 amide bonds. The highest BCUT2D eigenvalue weighted by molar-refractivity contribution is 5.79. The monoisotopic (exact) mass is 366 g/mol. The van der Waals surface area contributed by atoms with Gasteiger partial charge in [-0.15, -0.1) is 0 Å². The number of benzene rings is 2. The summed E-state index contributed by atoms with van der Waals surface area (Å²) in [5.74, 6) is -0.948. The fourth-order valence-electron chi connectivity index (χ4n) is 3.77. The van der Waals surface area contributed by atoms with Crippen LogP contribution in [0.15, 0.2) is 48.5 Å². The molecule has 0 aromatic heterocycles. The van der Waals surface area contributed by atoms with Crippen molar-refractivity contribution < 1.29 is 19.4 Å². The standard InChI is InChI=1S/C22H25NO4/c1-14(2)11-15(12-21(24)25)23-22(26)27-13-20-18-9-5-3-7-16(18)17-8-4-6-10-19(17)20/h3-10,14-15,20H,11-13H2,1-2H3,(H,23,26)(H,24,25)/p-1/t15-/m0/s1. The van der Waals surface area contributed by atoms with Crippen LogP contribution in [0.2, 0.25) is 0 Å². The second kappa shape index (κ2) is 8.25. The number of hydrogen-bond donors (Lipinski definition) is 1. The van der Waals surface area contributed by atoms with Crippen LogP contribution in [0, 0.1) is 5.92 Å². The first-order valence-corrected chi connectivity index (χ1v) is 9.27. The van der Waals surface area contributed by atoms with E-state index >= 15 is 0 Å². The van der Waals surface area contributed by atoms with Crippen molar-refractivity contribution in [3.8, 4) is 11.1 Å². The molecule has 0 heterocycles. The van der Waals surface area contributed by atoms with Gasteiger partial charge in [0.15, 0.2) is 0 Å². The van der Waals surface area contributed by atoms with Crippen LogP contribution in [0.25, 0.3) is 11.1 Å². The van der Waals surface area contributed by atoms with Gasteiger partial charge in [0.05, 0.1) is 0 Å². The third kappa shape index (κ3) is 4.48. The highest BCUT2D eigenvalue weighted by atomic mass is 16.5. The van der Waals surface area contributed by atoms with Gasteiger partial charge in [-0.05, 0) is 34.6 Å². The number of carboxylic acid groups (broad SMARTS) is 1. The normalized spacial score (nSPS) is 13.7. The smallest absolute Gasteiger partial charge is 0.407 e. The van der Waals surface area contributed by atoms with E-state index in [0.29, 0.717) is 6.42 Å². The number of hydrogen-bond acceptors (Lipinski definition) is 4. The number of alkyl carbamates (subject to hydrolysis) is 1. The predicted molar refractivity (Wildman–Crippen MR) is 101 cm³/mol. The van der Waals surface area contributed by atoms with Crippen molar-refractivity contribution in [1.82, 2.24) is 5.32 Å². The summed E-state index contributed by atoms with van der Waals surface area (Å²) in [5.41, 5.74) is 4.61. The number of nitrogens with one attached hydrogen (secondary N) is 1. The van der Waals surface area contributed by atoms with Gasteiger partial charge < -0.3 is 20.0 Å². The van der Waals surface area contributed by atoms with Gasteiger partial charge in [-0.2, -0.15) is 0 Å². The minimum atomic E-state index is -1.18. The van der Waals surface area contributed by atoms with E-state index < -0.39 is 18.1 Å². The summed E-state index contributed by atoms with van der Waals surface area (Å²) in [5, 5.41) is 13.6. The molecule has 2 aromatic rings. The molecule has 5 nitrogen and oxygen atoms in total. The van der Waals surface area contributed by atoms with Crippen molar-refractivity contribution >= 4 is 12.1 Å². The first-order valence-electron chi connectivity index (χ1n) is 9.27. The Morgan fingerprint density at radius 2 is 1.59 bits per heavy atom. The zero-order valence-electron chi connectivity index (χ0n) is 15.6. The number of aliphatic carboxylic acids is 1. The highest BCUT2D eigenvalue weighted by Gasteiger charge is 2.29. The minimum absolute atomic E-state index is 0.0205. The fraction of sp³-hybridized carbons (Fsp3) is 0.364. The molecule has 0 spiro atoms. The van der Waals surface area contributed by atoms with E-state index in [1.807, 2.05) is 38.1 Å². The van der Waals surface area contributed by atoms with Gasteiger partial charge in [-0.25, -0.2) is 4.79 Å². The summed E-state index contributed by atoms with van der Waals surface area (Å²) in [7, 11) is 0. The molecule has 142 valence electrons. The van der Waals surface area contributed by atoms with Gasteiger partial charge in [-0.1, -0.05) is 62.4 Å². The number of fused-ring (bicyclic) bond motifs is 3. The molecule has 2 aromatic carbocycles. The Bertz CT molecular complexity index is 785. The molecule has 1 aliphatic carbocycles. The van der Waals surface area contributed by atoms with Gasteiger partial charge in [0.2, 0.25) is 0 Å². The van der Waals surface area contributed by atoms with Crippen molar-refractivity contribution in [3.63, 3.8) is 0 Å². The summed E-state index contributed by atoms with van der Waals surface area (Å²) in [6.07, 6.45) is -0.260. The van der Waals surface area contributed by atoms with Crippen LogP contribution < -0.4 is 10.4 Å². The molecular weight excluding hydrogens is 342 g/mol. The SMILES string of the molecule is CC(C)C[C@@H](CC(=O)[O-])NC(=O)OCC1c2ccccc2-c2ccccc21. The first-order chi connectivity index (χ1) is 13.0. The number of amides is 1. The number of carboxylic acids is 1. The molecule has 0 bridgehead atoms. The van der Waals surface area contributed by atoms with E-state index in [1.165, 1.54) is 0 Å². The summed E-state index contributed by atoms with van der Waals surface area (Å²) >= 11 is 0. The van der Waals surface area contributed by atoms with Crippen LogP contribution in [-0.4, -0.2) is 24.7 Å². The molecule has 0 fully saturated rings. The maximum Gasteiger partial charge on any atom is 0.407 e.